The first kappa shape index (κ1) is 6.60. The number of benzene rings is 1. The SMILES string of the molecule is Nc1coc2cc3ccoc3cc12. The van der Waals surface area contributed by atoms with E-state index >= 15 is 0 Å². The van der Waals surface area contributed by atoms with E-state index in [9.17, 15) is 0 Å². The Morgan fingerprint density at radius 1 is 1.08 bits per heavy atom. The van der Waals surface area contributed by atoms with Gasteiger partial charge in [-0.3, -0.25) is 0 Å². The van der Waals surface area contributed by atoms with Crippen LogP contribution in [0.25, 0.3) is 21.9 Å². The second-order valence-corrected chi connectivity index (χ2v) is 3.00. The monoisotopic (exact) mass is 173 g/mol. The van der Waals surface area contributed by atoms with Crippen LogP contribution in [-0.2, 0) is 0 Å². The standard InChI is InChI=1S/C10H7NO2/c11-8-5-13-10-3-6-1-2-12-9(6)4-7(8)10/h1-5H,11H2. The summed E-state index contributed by atoms with van der Waals surface area (Å²) in [5.41, 5.74) is 7.98. The molecule has 3 nitrogen and oxygen atoms in total. The lowest BCUT2D eigenvalue weighted by Gasteiger charge is -1.89. The maximum Gasteiger partial charge on any atom is 0.136 e. The number of hydrogen-bond donors (Lipinski definition) is 1. The van der Waals surface area contributed by atoms with E-state index in [1.165, 1.54) is 0 Å². The van der Waals surface area contributed by atoms with Gasteiger partial charge in [-0.1, -0.05) is 0 Å². The molecule has 2 heterocycles. The van der Waals surface area contributed by atoms with Gasteiger partial charge in [0.15, 0.2) is 0 Å². The van der Waals surface area contributed by atoms with Crippen molar-refractivity contribution in [3.05, 3.63) is 30.7 Å². The molecule has 3 aromatic rings. The molecule has 0 unspecified atom stereocenters. The van der Waals surface area contributed by atoms with E-state index in [1.807, 2.05) is 18.2 Å². The number of furan rings is 2. The van der Waals surface area contributed by atoms with Gasteiger partial charge >= 0.3 is 0 Å². The summed E-state index contributed by atoms with van der Waals surface area (Å²) in [6.45, 7) is 0. The molecule has 64 valence electrons. The molecule has 0 amide bonds. The number of rotatable bonds is 0. The molecular formula is C10H7NO2. The van der Waals surface area contributed by atoms with Crippen LogP contribution in [0, 0.1) is 0 Å². The lowest BCUT2D eigenvalue weighted by atomic mass is 10.2. The molecule has 3 heteroatoms. The minimum Gasteiger partial charge on any atom is -0.464 e. The minimum absolute atomic E-state index is 0.647. The van der Waals surface area contributed by atoms with Gasteiger partial charge in [-0.15, -0.1) is 0 Å². The van der Waals surface area contributed by atoms with Crippen molar-refractivity contribution in [2.24, 2.45) is 0 Å². The summed E-state index contributed by atoms with van der Waals surface area (Å²) in [6, 6.07) is 5.71. The molecule has 0 radical (unpaired) electrons. The summed E-state index contributed by atoms with van der Waals surface area (Å²) in [6.07, 6.45) is 3.20. The van der Waals surface area contributed by atoms with Crippen LogP contribution >= 0.6 is 0 Å². The van der Waals surface area contributed by atoms with Crippen LogP contribution in [0.2, 0.25) is 0 Å². The van der Waals surface area contributed by atoms with E-state index in [0.29, 0.717) is 5.69 Å². The van der Waals surface area contributed by atoms with Gasteiger partial charge < -0.3 is 14.6 Å². The Morgan fingerprint density at radius 3 is 2.92 bits per heavy atom. The summed E-state index contributed by atoms with van der Waals surface area (Å²) in [5.74, 6) is 0. The summed E-state index contributed by atoms with van der Waals surface area (Å²) in [7, 11) is 0. The van der Waals surface area contributed by atoms with Crippen molar-refractivity contribution in [3.8, 4) is 0 Å². The third-order valence-electron chi connectivity index (χ3n) is 2.18. The summed E-state index contributed by atoms with van der Waals surface area (Å²) < 4.78 is 10.5. The van der Waals surface area contributed by atoms with Crippen LogP contribution in [0.1, 0.15) is 0 Å². The van der Waals surface area contributed by atoms with Crippen LogP contribution < -0.4 is 5.73 Å². The van der Waals surface area contributed by atoms with Crippen molar-refractivity contribution in [2.75, 3.05) is 5.73 Å². The first-order valence-corrected chi connectivity index (χ1v) is 3.98. The van der Waals surface area contributed by atoms with Gasteiger partial charge in [0.25, 0.3) is 0 Å². The van der Waals surface area contributed by atoms with Crippen molar-refractivity contribution in [3.63, 3.8) is 0 Å². The maximum atomic E-state index is 5.70. The van der Waals surface area contributed by atoms with Gasteiger partial charge in [0.1, 0.15) is 17.4 Å². The number of nitrogens with two attached hydrogens (primary N) is 1. The van der Waals surface area contributed by atoms with Crippen LogP contribution in [0.5, 0.6) is 0 Å². The Labute approximate surface area is 73.7 Å². The third kappa shape index (κ3) is 0.783. The number of hydrogen-bond acceptors (Lipinski definition) is 3. The Bertz CT molecular complexity index is 577. The minimum atomic E-state index is 0.647. The van der Waals surface area contributed by atoms with Gasteiger partial charge in [0, 0.05) is 10.8 Å². The Hall–Kier alpha value is -1.90. The third-order valence-corrected chi connectivity index (χ3v) is 2.18. The molecule has 2 aromatic heterocycles. The molecule has 0 spiro atoms. The average molecular weight is 173 g/mol. The largest absolute Gasteiger partial charge is 0.464 e. The molecule has 0 saturated carbocycles. The first-order chi connectivity index (χ1) is 6.34. The van der Waals surface area contributed by atoms with Crippen molar-refractivity contribution in [1.29, 1.82) is 0 Å². The molecule has 2 N–H and O–H groups in total. The number of fused-ring (bicyclic) bond motifs is 2. The van der Waals surface area contributed by atoms with Gasteiger partial charge in [0.05, 0.1) is 12.0 Å². The Balaban J connectivity index is 2.59. The molecule has 0 atom stereocenters. The second kappa shape index (κ2) is 2.07. The normalized spacial score (nSPS) is 11.4. The molecule has 1 aromatic carbocycles. The predicted molar refractivity (Wildman–Crippen MR) is 50.4 cm³/mol. The summed E-state index contributed by atoms with van der Waals surface area (Å²) in [5, 5.41) is 1.93. The topological polar surface area (TPSA) is 52.3 Å². The van der Waals surface area contributed by atoms with Crippen LogP contribution in [0.15, 0.2) is 39.6 Å². The average Bonchev–Trinajstić information content (AvgIpc) is 2.70. The molecule has 3 rings (SSSR count). The molecule has 0 aliphatic rings. The van der Waals surface area contributed by atoms with Crippen LogP contribution in [0.4, 0.5) is 5.69 Å². The fraction of sp³-hybridized carbons (Fsp3) is 0. The van der Waals surface area contributed by atoms with Crippen LogP contribution in [-0.4, -0.2) is 0 Å². The Kier molecular flexibility index (Phi) is 1.05. The first-order valence-electron chi connectivity index (χ1n) is 3.98. The van der Waals surface area contributed by atoms with Crippen molar-refractivity contribution < 1.29 is 8.83 Å². The van der Waals surface area contributed by atoms with E-state index in [0.717, 1.165) is 21.9 Å². The molecule has 13 heavy (non-hydrogen) atoms. The zero-order valence-electron chi connectivity index (χ0n) is 6.78. The molecule has 0 aliphatic heterocycles. The molecule has 0 saturated heterocycles. The quantitative estimate of drug-likeness (QED) is 0.568. The number of nitrogen functional groups attached to an aromatic ring is 1. The molecule has 0 bridgehead atoms. The highest BCUT2D eigenvalue weighted by Gasteiger charge is 2.05. The van der Waals surface area contributed by atoms with Gasteiger partial charge in [0.2, 0.25) is 0 Å². The van der Waals surface area contributed by atoms with E-state index in [2.05, 4.69) is 0 Å². The van der Waals surface area contributed by atoms with E-state index in [4.69, 9.17) is 14.6 Å². The molecule has 0 aliphatic carbocycles. The molecule has 0 fully saturated rings. The van der Waals surface area contributed by atoms with Crippen molar-refractivity contribution in [2.45, 2.75) is 0 Å². The smallest absolute Gasteiger partial charge is 0.136 e. The zero-order valence-corrected chi connectivity index (χ0v) is 6.78. The highest BCUT2D eigenvalue weighted by atomic mass is 16.3. The molecular weight excluding hydrogens is 166 g/mol. The highest BCUT2D eigenvalue weighted by molar-refractivity contribution is 5.98. The fourth-order valence-electron chi connectivity index (χ4n) is 1.50. The van der Waals surface area contributed by atoms with Crippen molar-refractivity contribution in [1.82, 2.24) is 0 Å². The lowest BCUT2D eigenvalue weighted by molar-refractivity contribution is 0.613. The summed E-state index contributed by atoms with van der Waals surface area (Å²) in [4.78, 5) is 0. The second-order valence-electron chi connectivity index (χ2n) is 3.00. The fourth-order valence-corrected chi connectivity index (χ4v) is 1.50. The van der Waals surface area contributed by atoms with E-state index in [-0.39, 0.29) is 0 Å². The van der Waals surface area contributed by atoms with Gasteiger partial charge in [-0.05, 0) is 18.2 Å². The number of anilines is 1. The Morgan fingerprint density at radius 2 is 2.00 bits per heavy atom. The van der Waals surface area contributed by atoms with E-state index in [1.54, 1.807) is 12.5 Å². The zero-order chi connectivity index (χ0) is 8.84. The highest BCUT2D eigenvalue weighted by Crippen LogP contribution is 2.28. The van der Waals surface area contributed by atoms with Crippen LogP contribution in [0.3, 0.4) is 0 Å². The van der Waals surface area contributed by atoms with Gasteiger partial charge in [-0.2, -0.15) is 0 Å². The van der Waals surface area contributed by atoms with Crippen molar-refractivity contribution >= 4 is 27.6 Å². The lowest BCUT2D eigenvalue weighted by Crippen LogP contribution is -1.79. The van der Waals surface area contributed by atoms with E-state index < -0.39 is 0 Å². The predicted octanol–water partition coefficient (Wildman–Crippen LogP) is 2.76. The maximum absolute atomic E-state index is 5.70. The summed E-state index contributed by atoms with van der Waals surface area (Å²) >= 11 is 0. The van der Waals surface area contributed by atoms with Gasteiger partial charge in [-0.25, -0.2) is 0 Å².